The maximum absolute atomic E-state index is 11.7. The lowest BCUT2D eigenvalue weighted by Crippen LogP contribution is -2.09. The molecule has 0 radical (unpaired) electrons. The van der Waals surface area contributed by atoms with Gasteiger partial charge in [0.15, 0.2) is 9.84 Å². The van der Waals surface area contributed by atoms with Crippen LogP contribution in [0, 0.1) is 0 Å². The Morgan fingerprint density at radius 1 is 1.16 bits per heavy atom. The number of benzene rings is 1. The molecule has 1 heterocycles. The van der Waals surface area contributed by atoms with Crippen LogP contribution in [0.1, 0.15) is 12.6 Å². The van der Waals surface area contributed by atoms with Crippen LogP contribution in [0.2, 0.25) is 0 Å². The molecule has 0 spiro atoms. The molecule has 0 unspecified atom stereocenters. The quantitative estimate of drug-likeness (QED) is 0.914. The Morgan fingerprint density at radius 3 is 2.58 bits per heavy atom. The molecule has 4 nitrogen and oxygen atoms in total. The molecule has 0 atom stereocenters. The number of aromatic nitrogens is 1. The normalized spacial score (nSPS) is 11.5. The second-order valence-electron chi connectivity index (χ2n) is 4.41. The average Bonchev–Trinajstić information content (AvgIpc) is 2.83. The standard InChI is InChI=1S/C14H18N2O2S/c1-3-16-10-6-7-12(16)11-15-13-8-4-5-9-14(13)19(2,17)18/h4-10,15H,3,11H2,1-2H3. The van der Waals surface area contributed by atoms with Crippen LogP contribution >= 0.6 is 0 Å². The zero-order chi connectivity index (χ0) is 13.9. The van der Waals surface area contributed by atoms with E-state index >= 15 is 0 Å². The summed E-state index contributed by atoms with van der Waals surface area (Å²) in [5.74, 6) is 0. The van der Waals surface area contributed by atoms with Crippen LogP contribution in [0.5, 0.6) is 0 Å². The monoisotopic (exact) mass is 278 g/mol. The van der Waals surface area contributed by atoms with Crippen LogP contribution in [0.15, 0.2) is 47.5 Å². The van der Waals surface area contributed by atoms with Crippen LogP contribution in [0.3, 0.4) is 0 Å². The zero-order valence-corrected chi connectivity index (χ0v) is 11.9. The van der Waals surface area contributed by atoms with E-state index in [9.17, 15) is 8.42 Å². The fourth-order valence-corrected chi connectivity index (χ4v) is 2.91. The number of sulfone groups is 1. The smallest absolute Gasteiger partial charge is 0.177 e. The Balaban J connectivity index is 2.21. The van der Waals surface area contributed by atoms with Crippen LogP contribution in [-0.4, -0.2) is 19.2 Å². The highest BCUT2D eigenvalue weighted by molar-refractivity contribution is 7.90. The van der Waals surface area contributed by atoms with Crippen molar-refractivity contribution in [2.45, 2.75) is 24.9 Å². The van der Waals surface area contributed by atoms with Crippen molar-refractivity contribution in [1.82, 2.24) is 4.57 Å². The SMILES string of the molecule is CCn1cccc1CNc1ccccc1S(C)(=O)=O. The topological polar surface area (TPSA) is 51.1 Å². The number of nitrogens with one attached hydrogen (secondary N) is 1. The first-order chi connectivity index (χ1) is 9.02. The molecule has 1 N–H and O–H groups in total. The minimum atomic E-state index is -3.21. The van der Waals surface area contributed by atoms with Gasteiger partial charge < -0.3 is 9.88 Å². The van der Waals surface area contributed by atoms with E-state index in [4.69, 9.17) is 0 Å². The lowest BCUT2D eigenvalue weighted by atomic mass is 10.3. The first kappa shape index (κ1) is 13.7. The molecule has 0 aliphatic rings. The number of hydrogen-bond acceptors (Lipinski definition) is 3. The van der Waals surface area contributed by atoms with Gasteiger partial charge in [0, 0.05) is 24.7 Å². The lowest BCUT2D eigenvalue weighted by Gasteiger charge is -2.12. The molecule has 0 fully saturated rings. The summed E-state index contributed by atoms with van der Waals surface area (Å²) in [6, 6.07) is 11.0. The van der Waals surface area contributed by atoms with Crippen molar-refractivity contribution in [3.8, 4) is 0 Å². The largest absolute Gasteiger partial charge is 0.378 e. The molecule has 0 aliphatic carbocycles. The molecule has 0 saturated heterocycles. The first-order valence-electron chi connectivity index (χ1n) is 6.19. The van der Waals surface area contributed by atoms with Gasteiger partial charge in [0.05, 0.1) is 17.1 Å². The van der Waals surface area contributed by atoms with Crippen molar-refractivity contribution in [3.05, 3.63) is 48.3 Å². The fourth-order valence-electron chi connectivity index (χ4n) is 2.04. The number of anilines is 1. The van der Waals surface area contributed by atoms with Gasteiger partial charge in [-0.15, -0.1) is 0 Å². The van der Waals surface area contributed by atoms with Gasteiger partial charge in [-0.05, 0) is 31.2 Å². The summed E-state index contributed by atoms with van der Waals surface area (Å²) in [7, 11) is -3.21. The molecule has 2 aromatic rings. The molecular weight excluding hydrogens is 260 g/mol. The van der Waals surface area contributed by atoms with Crippen molar-refractivity contribution in [1.29, 1.82) is 0 Å². The van der Waals surface area contributed by atoms with E-state index in [1.807, 2.05) is 24.4 Å². The molecular formula is C14H18N2O2S. The number of para-hydroxylation sites is 1. The Kier molecular flexibility index (Phi) is 3.95. The summed E-state index contributed by atoms with van der Waals surface area (Å²) in [6.07, 6.45) is 3.24. The zero-order valence-electron chi connectivity index (χ0n) is 11.1. The highest BCUT2D eigenvalue weighted by atomic mass is 32.2. The Labute approximate surface area is 114 Å². The highest BCUT2D eigenvalue weighted by Crippen LogP contribution is 2.21. The third-order valence-electron chi connectivity index (χ3n) is 3.01. The van der Waals surface area contributed by atoms with Gasteiger partial charge >= 0.3 is 0 Å². The van der Waals surface area contributed by atoms with Gasteiger partial charge in [0.2, 0.25) is 0 Å². The Hall–Kier alpha value is -1.75. The van der Waals surface area contributed by atoms with Gasteiger partial charge in [-0.1, -0.05) is 12.1 Å². The maximum atomic E-state index is 11.7. The third kappa shape index (κ3) is 3.17. The van der Waals surface area contributed by atoms with E-state index < -0.39 is 9.84 Å². The molecule has 5 heteroatoms. The van der Waals surface area contributed by atoms with E-state index in [-0.39, 0.29) is 0 Å². The minimum Gasteiger partial charge on any atom is -0.378 e. The van der Waals surface area contributed by atoms with E-state index in [0.717, 1.165) is 12.2 Å². The summed E-state index contributed by atoms with van der Waals surface area (Å²) in [6.45, 7) is 3.58. The fraction of sp³-hybridized carbons (Fsp3) is 0.286. The number of nitrogens with zero attached hydrogens (tertiary/aromatic N) is 1. The van der Waals surface area contributed by atoms with Crippen LogP contribution in [-0.2, 0) is 22.9 Å². The van der Waals surface area contributed by atoms with E-state index in [1.54, 1.807) is 18.2 Å². The van der Waals surface area contributed by atoms with Crippen molar-refractivity contribution in [2.24, 2.45) is 0 Å². The molecule has 0 aliphatic heterocycles. The van der Waals surface area contributed by atoms with Gasteiger partial charge in [0.25, 0.3) is 0 Å². The van der Waals surface area contributed by atoms with Crippen LogP contribution in [0.25, 0.3) is 0 Å². The molecule has 2 rings (SSSR count). The Morgan fingerprint density at radius 2 is 1.89 bits per heavy atom. The molecule has 0 bridgehead atoms. The number of hydrogen-bond donors (Lipinski definition) is 1. The Bertz CT molecular complexity index is 660. The van der Waals surface area contributed by atoms with Gasteiger partial charge in [-0.25, -0.2) is 8.42 Å². The van der Waals surface area contributed by atoms with E-state index in [0.29, 0.717) is 17.1 Å². The summed E-state index contributed by atoms with van der Waals surface area (Å²) in [5, 5.41) is 3.20. The lowest BCUT2D eigenvalue weighted by molar-refractivity contribution is 0.602. The van der Waals surface area contributed by atoms with Crippen molar-refractivity contribution in [2.75, 3.05) is 11.6 Å². The third-order valence-corrected chi connectivity index (χ3v) is 4.17. The predicted octanol–water partition coefficient (Wildman–Crippen LogP) is 2.52. The number of rotatable bonds is 5. The van der Waals surface area contributed by atoms with Gasteiger partial charge in [-0.2, -0.15) is 0 Å². The molecule has 1 aromatic heterocycles. The predicted molar refractivity (Wildman–Crippen MR) is 77.0 cm³/mol. The van der Waals surface area contributed by atoms with Crippen molar-refractivity contribution >= 4 is 15.5 Å². The second kappa shape index (κ2) is 5.48. The molecule has 19 heavy (non-hydrogen) atoms. The molecule has 1 aromatic carbocycles. The summed E-state index contributed by atoms with van der Waals surface area (Å²) in [5.41, 5.74) is 1.78. The van der Waals surface area contributed by atoms with E-state index in [1.165, 1.54) is 6.26 Å². The van der Waals surface area contributed by atoms with Crippen LogP contribution in [0.4, 0.5) is 5.69 Å². The van der Waals surface area contributed by atoms with Gasteiger partial charge in [0.1, 0.15) is 0 Å². The second-order valence-corrected chi connectivity index (χ2v) is 6.39. The van der Waals surface area contributed by atoms with Crippen molar-refractivity contribution < 1.29 is 8.42 Å². The summed E-state index contributed by atoms with van der Waals surface area (Å²) < 4.78 is 25.5. The van der Waals surface area contributed by atoms with Gasteiger partial charge in [-0.3, -0.25) is 0 Å². The molecule has 0 saturated carbocycles. The van der Waals surface area contributed by atoms with E-state index in [2.05, 4.69) is 16.8 Å². The summed E-state index contributed by atoms with van der Waals surface area (Å²) >= 11 is 0. The minimum absolute atomic E-state index is 0.338. The molecule has 0 amide bonds. The average molecular weight is 278 g/mol. The summed E-state index contributed by atoms with van der Waals surface area (Å²) in [4.78, 5) is 0.338. The maximum Gasteiger partial charge on any atom is 0.177 e. The highest BCUT2D eigenvalue weighted by Gasteiger charge is 2.12. The molecule has 102 valence electrons. The van der Waals surface area contributed by atoms with Crippen molar-refractivity contribution in [3.63, 3.8) is 0 Å². The number of aryl methyl sites for hydroxylation is 1. The van der Waals surface area contributed by atoms with Crippen LogP contribution < -0.4 is 5.32 Å². The first-order valence-corrected chi connectivity index (χ1v) is 8.08.